The molecule has 0 aliphatic carbocycles. The molecule has 0 aliphatic heterocycles. The molecule has 6 heteroatoms. The molecular weight excluding hydrogens is 287 g/mol. The van der Waals surface area contributed by atoms with Gasteiger partial charge in [0.1, 0.15) is 11.6 Å². The number of benzene rings is 1. The van der Waals surface area contributed by atoms with Gasteiger partial charge in [0.15, 0.2) is 0 Å². The second-order valence-electron chi connectivity index (χ2n) is 3.39. The van der Waals surface area contributed by atoms with Gasteiger partial charge in [-0.15, -0.1) is 0 Å². The van der Waals surface area contributed by atoms with Crippen LogP contribution in [-0.2, 0) is 6.54 Å². The normalized spacial score (nSPS) is 10.2. The minimum atomic E-state index is -0.261. The lowest BCUT2D eigenvalue weighted by atomic mass is 10.2. The lowest BCUT2D eigenvalue weighted by Gasteiger charge is -2.07. The number of anilines is 2. The van der Waals surface area contributed by atoms with E-state index in [9.17, 15) is 4.39 Å². The van der Waals surface area contributed by atoms with E-state index in [2.05, 4.69) is 31.2 Å². The van der Waals surface area contributed by atoms with E-state index in [1.165, 1.54) is 6.07 Å². The van der Waals surface area contributed by atoms with Gasteiger partial charge in [-0.1, -0.05) is 15.9 Å². The van der Waals surface area contributed by atoms with Crippen LogP contribution in [0.25, 0.3) is 0 Å². The van der Waals surface area contributed by atoms with Crippen molar-refractivity contribution in [2.24, 2.45) is 0 Å². The first-order chi connectivity index (χ1) is 8.15. The van der Waals surface area contributed by atoms with Gasteiger partial charge in [-0.25, -0.2) is 9.37 Å². The Morgan fingerprint density at radius 1 is 1.35 bits per heavy atom. The molecule has 17 heavy (non-hydrogen) atoms. The Morgan fingerprint density at radius 3 is 2.94 bits per heavy atom. The summed E-state index contributed by atoms with van der Waals surface area (Å²) >= 11 is 3.29. The first-order valence-corrected chi connectivity index (χ1v) is 5.71. The van der Waals surface area contributed by atoms with Crippen molar-refractivity contribution in [2.75, 3.05) is 11.1 Å². The van der Waals surface area contributed by atoms with Crippen LogP contribution in [0.5, 0.6) is 0 Å². The van der Waals surface area contributed by atoms with Crippen molar-refractivity contribution in [1.29, 1.82) is 0 Å². The van der Waals surface area contributed by atoms with Gasteiger partial charge in [0.05, 0.1) is 0 Å². The summed E-state index contributed by atoms with van der Waals surface area (Å²) in [4.78, 5) is 7.73. The highest BCUT2D eigenvalue weighted by molar-refractivity contribution is 9.10. The molecule has 2 rings (SSSR count). The highest BCUT2D eigenvalue weighted by Crippen LogP contribution is 2.16. The quantitative estimate of drug-likeness (QED) is 0.914. The fourth-order valence-electron chi connectivity index (χ4n) is 1.34. The smallest absolute Gasteiger partial charge is 0.221 e. The number of aromatic nitrogens is 2. The summed E-state index contributed by atoms with van der Waals surface area (Å²) in [5.74, 6) is 0.490. The van der Waals surface area contributed by atoms with Crippen LogP contribution >= 0.6 is 15.9 Å². The van der Waals surface area contributed by atoms with Crippen LogP contribution < -0.4 is 11.1 Å². The van der Waals surface area contributed by atoms with Crippen molar-refractivity contribution in [3.05, 3.63) is 46.3 Å². The fourth-order valence-corrected chi connectivity index (χ4v) is 1.75. The second-order valence-corrected chi connectivity index (χ2v) is 4.31. The summed E-state index contributed by atoms with van der Waals surface area (Å²) < 4.78 is 14.3. The number of nitrogens with one attached hydrogen (secondary N) is 1. The summed E-state index contributed by atoms with van der Waals surface area (Å²) in [5.41, 5.74) is 5.99. The number of rotatable bonds is 3. The monoisotopic (exact) mass is 296 g/mol. The van der Waals surface area contributed by atoms with E-state index in [0.717, 1.165) is 4.47 Å². The van der Waals surface area contributed by atoms with E-state index in [1.807, 2.05) is 0 Å². The molecule has 3 N–H and O–H groups in total. The van der Waals surface area contributed by atoms with E-state index in [1.54, 1.807) is 24.4 Å². The summed E-state index contributed by atoms with van der Waals surface area (Å²) in [7, 11) is 0. The SMILES string of the molecule is Nc1nccc(NCc2cc(Br)ccc2F)n1. The lowest BCUT2D eigenvalue weighted by molar-refractivity contribution is 0.612. The molecule has 0 saturated heterocycles. The number of hydrogen-bond acceptors (Lipinski definition) is 4. The molecule has 0 unspecified atom stereocenters. The predicted octanol–water partition coefficient (Wildman–Crippen LogP) is 2.57. The van der Waals surface area contributed by atoms with Gasteiger partial charge in [-0.3, -0.25) is 0 Å². The Hall–Kier alpha value is -1.69. The van der Waals surface area contributed by atoms with Crippen molar-refractivity contribution in [3.63, 3.8) is 0 Å². The third-order valence-electron chi connectivity index (χ3n) is 2.14. The zero-order valence-corrected chi connectivity index (χ0v) is 10.4. The minimum absolute atomic E-state index is 0.185. The lowest BCUT2D eigenvalue weighted by Crippen LogP contribution is -2.05. The topological polar surface area (TPSA) is 63.8 Å². The van der Waals surface area contributed by atoms with E-state index >= 15 is 0 Å². The largest absolute Gasteiger partial charge is 0.368 e. The van der Waals surface area contributed by atoms with Crippen LogP contribution in [0.4, 0.5) is 16.2 Å². The molecule has 0 atom stereocenters. The van der Waals surface area contributed by atoms with Crippen molar-refractivity contribution in [1.82, 2.24) is 9.97 Å². The summed E-state index contributed by atoms with van der Waals surface area (Å²) in [6.07, 6.45) is 1.54. The molecule has 4 nitrogen and oxygen atoms in total. The van der Waals surface area contributed by atoms with Gasteiger partial charge in [0.25, 0.3) is 0 Å². The van der Waals surface area contributed by atoms with Crippen LogP contribution in [0.15, 0.2) is 34.9 Å². The molecule has 0 spiro atoms. The van der Waals surface area contributed by atoms with Gasteiger partial charge in [-0.05, 0) is 24.3 Å². The van der Waals surface area contributed by atoms with Gasteiger partial charge in [0, 0.05) is 22.8 Å². The van der Waals surface area contributed by atoms with Crippen LogP contribution in [0.2, 0.25) is 0 Å². The van der Waals surface area contributed by atoms with Crippen molar-refractivity contribution in [2.45, 2.75) is 6.54 Å². The van der Waals surface area contributed by atoms with Gasteiger partial charge >= 0.3 is 0 Å². The Labute approximate surface area is 106 Å². The van der Waals surface area contributed by atoms with Crippen LogP contribution in [0.1, 0.15) is 5.56 Å². The molecule has 1 heterocycles. The maximum Gasteiger partial charge on any atom is 0.221 e. The molecule has 0 fully saturated rings. The molecule has 1 aromatic carbocycles. The fraction of sp³-hybridized carbons (Fsp3) is 0.0909. The third kappa shape index (κ3) is 3.13. The molecule has 2 aromatic rings. The Bertz CT molecular complexity index is 533. The van der Waals surface area contributed by atoms with E-state index in [0.29, 0.717) is 17.9 Å². The number of halogens is 2. The van der Waals surface area contributed by atoms with Crippen molar-refractivity contribution in [3.8, 4) is 0 Å². The molecule has 0 amide bonds. The first kappa shape index (κ1) is 11.8. The van der Waals surface area contributed by atoms with Crippen molar-refractivity contribution >= 4 is 27.7 Å². The van der Waals surface area contributed by atoms with Gasteiger partial charge in [0.2, 0.25) is 5.95 Å². The molecule has 0 radical (unpaired) electrons. The Balaban J connectivity index is 2.09. The maximum absolute atomic E-state index is 13.4. The first-order valence-electron chi connectivity index (χ1n) is 4.91. The molecule has 0 bridgehead atoms. The zero-order chi connectivity index (χ0) is 12.3. The molecular formula is C11H10BrFN4. The summed E-state index contributed by atoms with van der Waals surface area (Å²) in [6.45, 7) is 0.335. The van der Waals surface area contributed by atoms with E-state index in [4.69, 9.17) is 5.73 Å². The van der Waals surface area contributed by atoms with Crippen molar-refractivity contribution < 1.29 is 4.39 Å². The highest BCUT2D eigenvalue weighted by atomic mass is 79.9. The molecule has 0 saturated carbocycles. The number of nitrogen functional groups attached to an aromatic ring is 1. The number of nitrogens with two attached hydrogens (primary N) is 1. The average molecular weight is 297 g/mol. The number of nitrogens with zero attached hydrogens (tertiary/aromatic N) is 2. The zero-order valence-electron chi connectivity index (χ0n) is 8.82. The van der Waals surface area contributed by atoms with Gasteiger partial charge < -0.3 is 11.1 Å². The molecule has 1 aromatic heterocycles. The number of hydrogen-bond donors (Lipinski definition) is 2. The predicted molar refractivity (Wildman–Crippen MR) is 67.9 cm³/mol. The third-order valence-corrected chi connectivity index (χ3v) is 2.64. The standard InChI is InChI=1S/C11H10BrFN4/c12-8-1-2-9(13)7(5-8)6-16-10-3-4-15-11(14)17-10/h1-5H,6H2,(H3,14,15,16,17). The summed E-state index contributed by atoms with van der Waals surface area (Å²) in [5, 5.41) is 2.98. The Morgan fingerprint density at radius 2 is 2.18 bits per heavy atom. The minimum Gasteiger partial charge on any atom is -0.368 e. The molecule has 88 valence electrons. The maximum atomic E-state index is 13.4. The Kier molecular flexibility index (Phi) is 3.53. The van der Waals surface area contributed by atoms with Crippen LogP contribution in [-0.4, -0.2) is 9.97 Å². The van der Waals surface area contributed by atoms with E-state index < -0.39 is 0 Å². The van der Waals surface area contributed by atoms with E-state index in [-0.39, 0.29) is 11.8 Å². The van der Waals surface area contributed by atoms with Crippen LogP contribution in [0, 0.1) is 5.82 Å². The van der Waals surface area contributed by atoms with Crippen LogP contribution in [0.3, 0.4) is 0 Å². The molecule has 0 aliphatic rings. The highest BCUT2D eigenvalue weighted by Gasteiger charge is 2.03. The second kappa shape index (κ2) is 5.09. The average Bonchev–Trinajstić information content (AvgIpc) is 2.30. The van der Waals surface area contributed by atoms with Gasteiger partial charge in [-0.2, -0.15) is 4.98 Å². The summed E-state index contributed by atoms with van der Waals surface area (Å²) in [6, 6.07) is 6.45.